The van der Waals surface area contributed by atoms with Crippen molar-refractivity contribution >= 4 is 34.7 Å². The fourth-order valence-electron chi connectivity index (χ4n) is 3.99. The highest BCUT2D eigenvalue weighted by Crippen LogP contribution is 2.25. The van der Waals surface area contributed by atoms with E-state index in [1.165, 1.54) is 0 Å². The molecule has 1 aliphatic heterocycles. The molecular weight excluding hydrogens is 422 g/mol. The highest BCUT2D eigenvalue weighted by atomic mass is 32.2. The molecule has 0 unspecified atom stereocenters. The molecule has 0 spiro atoms. The van der Waals surface area contributed by atoms with Crippen molar-refractivity contribution in [2.75, 3.05) is 37.3 Å². The summed E-state index contributed by atoms with van der Waals surface area (Å²) in [6.45, 7) is 3.23. The molecule has 0 bridgehead atoms. The van der Waals surface area contributed by atoms with Gasteiger partial charge in [-0.2, -0.15) is 0 Å². The van der Waals surface area contributed by atoms with Crippen molar-refractivity contribution in [2.24, 2.45) is 0 Å². The summed E-state index contributed by atoms with van der Waals surface area (Å²) in [7, 11) is 0. The van der Waals surface area contributed by atoms with E-state index in [4.69, 9.17) is 0 Å². The molecule has 0 radical (unpaired) electrons. The lowest BCUT2D eigenvalue weighted by Gasteiger charge is -2.35. The maximum atomic E-state index is 13.1. The van der Waals surface area contributed by atoms with Crippen molar-refractivity contribution in [1.29, 1.82) is 0 Å². The first-order valence-electron chi connectivity index (χ1n) is 10.5. The summed E-state index contributed by atoms with van der Waals surface area (Å²) in [4.78, 5) is 27.1. The highest BCUT2D eigenvalue weighted by Gasteiger charge is 2.26. The number of rotatable bonds is 5. The first-order valence-corrected chi connectivity index (χ1v) is 11.7. The topological polar surface area (TPSA) is 80.0 Å². The molecule has 0 N–H and O–H groups in total. The van der Waals surface area contributed by atoms with Crippen molar-refractivity contribution in [2.45, 2.75) is 11.4 Å². The second kappa shape index (κ2) is 8.96. The molecule has 1 fully saturated rings. The van der Waals surface area contributed by atoms with E-state index < -0.39 is 0 Å². The largest absolute Gasteiger partial charge is 0.351 e. The Bertz CT molecular complexity index is 1240. The van der Waals surface area contributed by atoms with E-state index in [9.17, 15) is 4.79 Å². The molecular formula is C23H23N7OS. The number of piperazine rings is 1. The van der Waals surface area contributed by atoms with E-state index in [1.807, 2.05) is 53.6 Å². The minimum Gasteiger partial charge on any atom is -0.351 e. The van der Waals surface area contributed by atoms with Crippen LogP contribution in [0.15, 0.2) is 65.8 Å². The van der Waals surface area contributed by atoms with Crippen LogP contribution >= 0.6 is 11.8 Å². The van der Waals surface area contributed by atoms with Crippen molar-refractivity contribution in [3.8, 4) is 0 Å². The van der Waals surface area contributed by atoms with Gasteiger partial charge in [0.2, 0.25) is 0 Å². The van der Waals surface area contributed by atoms with Crippen LogP contribution in [-0.2, 0) is 6.54 Å². The zero-order chi connectivity index (χ0) is 21.9. The van der Waals surface area contributed by atoms with Crippen LogP contribution in [0.25, 0.3) is 11.2 Å². The summed E-state index contributed by atoms with van der Waals surface area (Å²) in [5, 5.41) is 8.70. The number of carbonyl (C=O) groups is 1. The number of aromatic nitrogens is 5. The van der Waals surface area contributed by atoms with Crippen LogP contribution in [0.2, 0.25) is 0 Å². The number of amides is 1. The predicted octanol–water partition coefficient (Wildman–Crippen LogP) is 2.95. The third-order valence-corrected chi connectivity index (χ3v) is 6.46. The van der Waals surface area contributed by atoms with Crippen molar-refractivity contribution in [1.82, 2.24) is 29.9 Å². The molecule has 1 saturated heterocycles. The van der Waals surface area contributed by atoms with Gasteiger partial charge in [-0.15, -0.1) is 16.9 Å². The molecule has 2 aromatic carbocycles. The van der Waals surface area contributed by atoms with Gasteiger partial charge in [-0.05, 0) is 24.0 Å². The summed E-state index contributed by atoms with van der Waals surface area (Å²) < 4.78 is 1.80. The van der Waals surface area contributed by atoms with E-state index in [1.54, 1.807) is 22.8 Å². The third kappa shape index (κ3) is 3.91. The lowest BCUT2D eigenvalue weighted by atomic mass is 10.2. The van der Waals surface area contributed by atoms with Gasteiger partial charge in [-0.3, -0.25) is 4.79 Å². The number of thioether (sulfide) groups is 1. The van der Waals surface area contributed by atoms with Gasteiger partial charge in [0.1, 0.15) is 6.33 Å². The molecule has 8 nitrogen and oxygen atoms in total. The van der Waals surface area contributed by atoms with E-state index in [2.05, 4.69) is 37.3 Å². The Hall–Kier alpha value is -3.46. The maximum Gasteiger partial charge on any atom is 0.255 e. The van der Waals surface area contributed by atoms with Gasteiger partial charge in [-0.25, -0.2) is 14.6 Å². The molecule has 4 aromatic rings. The number of benzene rings is 2. The Morgan fingerprint density at radius 3 is 2.50 bits per heavy atom. The molecule has 0 aliphatic carbocycles. The standard InChI is InChI=1S/C23H23N7OS/c1-32-19-10-6-5-9-18(19)23(31)29-13-11-28(12-14-29)21-20-22(25-16-24-21)30(27-26-20)15-17-7-3-2-4-8-17/h2-10,16H,11-15H2,1H3. The lowest BCUT2D eigenvalue weighted by Crippen LogP contribution is -2.49. The molecule has 2 aromatic heterocycles. The Balaban J connectivity index is 1.32. The first kappa shape index (κ1) is 20.4. The predicted molar refractivity (Wildman–Crippen MR) is 125 cm³/mol. The smallest absolute Gasteiger partial charge is 0.255 e. The van der Waals surface area contributed by atoms with Crippen LogP contribution in [0.1, 0.15) is 15.9 Å². The SMILES string of the molecule is CSc1ccccc1C(=O)N1CCN(c2ncnc3c2nnn3Cc2ccccc2)CC1. The maximum absolute atomic E-state index is 13.1. The number of carbonyl (C=O) groups excluding carboxylic acids is 1. The molecule has 32 heavy (non-hydrogen) atoms. The molecule has 3 heterocycles. The average Bonchev–Trinajstić information content (AvgIpc) is 3.27. The lowest BCUT2D eigenvalue weighted by molar-refractivity contribution is 0.0743. The number of fused-ring (bicyclic) bond motifs is 1. The molecule has 0 saturated carbocycles. The second-order valence-corrected chi connectivity index (χ2v) is 8.43. The average molecular weight is 446 g/mol. The molecule has 1 amide bonds. The van der Waals surface area contributed by atoms with Gasteiger partial charge >= 0.3 is 0 Å². The van der Waals surface area contributed by atoms with Crippen LogP contribution in [0.5, 0.6) is 0 Å². The van der Waals surface area contributed by atoms with Crippen LogP contribution in [0.3, 0.4) is 0 Å². The van der Waals surface area contributed by atoms with Crippen LogP contribution in [0.4, 0.5) is 5.82 Å². The zero-order valence-corrected chi connectivity index (χ0v) is 18.6. The summed E-state index contributed by atoms with van der Waals surface area (Å²) in [6, 6.07) is 17.9. The molecule has 162 valence electrons. The minimum atomic E-state index is 0.0799. The van der Waals surface area contributed by atoms with Gasteiger partial charge < -0.3 is 9.80 Å². The van der Waals surface area contributed by atoms with Crippen LogP contribution in [0, 0.1) is 0 Å². The minimum absolute atomic E-state index is 0.0799. The van der Waals surface area contributed by atoms with Gasteiger partial charge in [0.25, 0.3) is 5.91 Å². The summed E-state index contributed by atoms with van der Waals surface area (Å²) in [5.41, 5.74) is 3.31. The Labute approximate surface area is 190 Å². The van der Waals surface area contributed by atoms with Gasteiger partial charge in [0.05, 0.1) is 12.1 Å². The fraction of sp³-hybridized carbons (Fsp3) is 0.261. The van der Waals surface area contributed by atoms with Gasteiger partial charge in [0, 0.05) is 31.1 Å². The summed E-state index contributed by atoms with van der Waals surface area (Å²) in [6.07, 6.45) is 3.56. The van der Waals surface area contributed by atoms with Crippen LogP contribution in [-0.4, -0.2) is 68.2 Å². The third-order valence-electron chi connectivity index (χ3n) is 5.66. The Morgan fingerprint density at radius 2 is 1.72 bits per heavy atom. The molecule has 5 rings (SSSR count). The number of hydrogen-bond acceptors (Lipinski definition) is 7. The number of nitrogens with zero attached hydrogens (tertiary/aromatic N) is 7. The first-order chi connectivity index (χ1) is 15.7. The molecule has 1 aliphatic rings. The Kier molecular flexibility index (Phi) is 5.72. The number of anilines is 1. The van der Waals surface area contributed by atoms with E-state index in [0.717, 1.165) is 21.8 Å². The molecule has 9 heteroatoms. The van der Waals surface area contributed by atoms with E-state index in [-0.39, 0.29) is 5.91 Å². The summed E-state index contributed by atoms with van der Waals surface area (Å²) >= 11 is 1.60. The second-order valence-electron chi connectivity index (χ2n) is 7.58. The van der Waals surface area contributed by atoms with E-state index >= 15 is 0 Å². The number of hydrogen-bond donors (Lipinski definition) is 0. The van der Waals surface area contributed by atoms with Gasteiger partial charge in [-0.1, -0.05) is 47.7 Å². The summed E-state index contributed by atoms with van der Waals surface area (Å²) in [5.74, 6) is 0.849. The van der Waals surface area contributed by atoms with Crippen molar-refractivity contribution < 1.29 is 4.79 Å². The fourth-order valence-corrected chi connectivity index (χ4v) is 4.58. The monoisotopic (exact) mass is 445 g/mol. The van der Waals surface area contributed by atoms with Crippen molar-refractivity contribution in [3.63, 3.8) is 0 Å². The highest BCUT2D eigenvalue weighted by molar-refractivity contribution is 7.98. The normalized spacial score (nSPS) is 14.2. The van der Waals surface area contributed by atoms with E-state index in [0.29, 0.717) is 43.9 Å². The van der Waals surface area contributed by atoms with Crippen molar-refractivity contribution in [3.05, 3.63) is 72.1 Å². The zero-order valence-electron chi connectivity index (χ0n) is 17.8. The quantitative estimate of drug-likeness (QED) is 0.437. The van der Waals surface area contributed by atoms with Crippen LogP contribution < -0.4 is 4.90 Å². The van der Waals surface area contributed by atoms with Gasteiger partial charge in [0.15, 0.2) is 17.0 Å². The molecule has 0 atom stereocenters. The Morgan fingerprint density at radius 1 is 0.969 bits per heavy atom.